The zero-order valence-corrected chi connectivity index (χ0v) is 14.7. The van der Waals surface area contributed by atoms with Crippen molar-refractivity contribution in [3.8, 4) is 5.75 Å². The van der Waals surface area contributed by atoms with Gasteiger partial charge in [-0.05, 0) is 39.0 Å². The van der Waals surface area contributed by atoms with Crippen LogP contribution in [0.3, 0.4) is 0 Å². The van der Waals surface area contributed by atoms with Gasteiger partial charge in [-0.3, -0.25) is 9.35 Å². The van der Waals surface area contributed by atoms with Crippen LogP contribution in [-0.4, -0.2) is 38.8 Å². The van der Waals surface area contributed by atoms with Crippen molar-refractivity contribution in [1.29, 1.82) is 0 Å². The molecule has 1 aromatic rings. The van der Waals surface area contributed by atoms with Crippen LogP contribution in [0.4, 0.5) is 0 Å². The fourth-order valence-corrected chi connectivity index (χ4v) is 2.57. The molecule has 0 saturated heterocycles. The number of hydrogen-bond donors (Lipinski definition) is 2. The van der Waals surface area contributed by atoms with Crippen LogP contribution in [0.5, 0.6) is 5.75 Å². The van der Waals surface area contributed by atoms with Crippen LogP contribution in [0, 0.1) is 0 Å². The lowest BCUT2D eigenvalue weighted by atomic mass is 9.85. The summed E-state index contributed by atoms with van der Waals surface area (Å²) in [7, 11) is -2.60. The summed E-state index contributed by atoms with van der Waals surface area (Å²) in [5, 5.41) is 2.39. The minimum absolute atomic E-state index is 0.00463. The molecule has 2 N–H and O–H groups in total. The number of carbonyl (C=O) groups is 1. The highest BCUT2D eigenvalue weighted by Gasteiger charge is 2.42. The van der Waals surface area contributed by atoms with E-state index >= 15 is 0 Å². The molecule has 0 aromatic heterocycles. The predicted octanol–water partition coefficient (Wildman–Crippen LogP) is 1.72. The Morgan fingerprint density at radius 2 is 2.00 bits per heavy atom. The molecule has 0 radical (unpaired) electrons. The van der Waals surface area contributed by atoms with Crippen molar-refractivity contribution in [2.24, 2.45) is 0 Å². The fourth-order valence-electron chi connectivity index (χ4n) is 2.06. The molecule has 1 heterocycles. The molecular weight excluding hydrogens is 322 g/mol. The van der Waals surface area contributed by atoms with Gasteiger partial charge in [0.1, 0.15) is 5.75 Å². The second kappa shape index (κ2) is 7.29. The second-order valence-electron chi connectivity index (χ2n) is 5.57. The Balaban J connectivity index is 0.000000463. The summed E-state index contributed by atoms with van der Waals surface area (Å²) in [5.41, 5.74) is 0.252. The van der Waals surface area contributed by atoms with Crippen molar-refractivity contribution < 1.29 is 27.2 Å². The highest BCUT2D eigenvalue weighted by molar-refractivity contribution is 7.85. The Bertz CT molecular complexity index is 669. The van der Waals surface area contributed by atoms with Crippen LogP contribution in [0.25, 0.3) is 0 Å². The maximum Gasteiger partial charge on any atom is 0.294 e. The lowest BCUT2D eigenvalue weighted by Gasteiger charge is -2.25. The molecule has 1 aliphatic heterocycles. The Morgan fingerprint density at radius 1 is 1.43 bits per heavy atom. The zero-order chi connectivity index (χ0) is 17.8. The van der Waals surface area contributed by atoms with Crippen molar-refractivity contribution in [2.45, 2.75) is 44.3 Å². The second-order valence-corrected chi connectivity index (χ2v) is 6.99. The first-order valence-corrected chi connectivity index (χ1v) is 8.56. The number of nitrogens with one attached hydrogen (secondary N) is 1. The molecule has 0 bridgehead atoms. The molecule has 0 fully saturated rings. The first-order valence-electron chi connectivity index (χ1n) is 7.12. The third kappa shape index (κ3) is 4.66. The van der Waals surface area contributed by atoms with Gasteiger partial charge in [0, 0.05) is 26.1 Å². The molecule has 1 aromatic carbocycles. The van der Waals surface area contributed by atoms with E-state index in [1.165, 1.54) is 19.1 Å². The molecule has 130 valence electrons. The third-order valence-electron chi connectivity index (χ3n) is 3.44. The largest absolute Gasteiger partial charge is 0.464 e. The number of amides is 1. The monoisotopic (exact) mass is 345 g/mol. The summed E-state index contributed by atoms with van der Waals surface area (Å²) < 4.78 is 42.5. The van der Waals surface area contributed by atoms with E-state index in [2.05, 4.69) is 5.32 Å². The van der Waals surface area contributed by atoms with Gasteiger partial charge in [-0.15, -0.1) is 0 Å². The first kappa shape index (κ1) is 19.4. The van der Waals surface area contributed by atoms with Crippen molar-refractivity contribution in [3.05, 3.63) is 23.8 Å². The van der Waals surface area contributed by atoms with Gasteiger partial charge in [0.15, 0.2) is 0 Å². The molecule has 1 atom stereocenters. The lowest BCUT2D eigenvalue weighted by Crippen LogP contribution is -2.34. The maximum absolute atomic E-state index is 11.1. The van der Waals surface area contributed by atoms with Gasteiger partial charge in [0.2, 0.25) is 12.2 Å². The van der Waals surface area contributed by atoms with Gasteiger partial charge in [0.05, 0.1) is 10.3 Å². The summed E-state index contributed by atoms with van der Waals surface area (Å²) >= 11 is 0. The highest BCUT2D eigenvalue weighted by atomic mass is 32.2. The van der Waals surface area contributed by atoms with E-state index in [0.29, 0.717) is 12.4 Å². The molecule has 0 aliphatic carbocycles. The fraction of sp³-hybridized carbons (Fsp3) is 0.533. The number of ether oxygens (including phenoxy) is 2. The summed E-state index contributed by atoms with van der Waals surface area (Å²) in [6.07, 6.45) is -0.450. The Morgan fingerprint density at radius 3 is 2.43 bits per heavy atom. The highest BCUT2D eigenvalue weighted by Crippen LogP contribution is 2.43. The van der Waals surface area contributed by atoms with Crippen molar-refractivity contribution in [1.82, 2.24) is 5.32 Å². The average molecular weight is 345 g/mol. The predicted molar refractivity (Wildman–Crippen MR) is 85.1 cm³/mol. The molecular formula is C15H23NO6S. The summed E-state index contributed by atoms with van der Waals surface area (Å²) in [5.74, 6) is 0.593. The maximum atomic E-state index is 11.1. The molecule has 7 nitrogen and oxygen atoms in total. The van der Waals surface area contributed by atoms with Gasteiger partial charge in [0.25, 0.3) is 10.1 Å². The number of rotatable bonds is 3. The van der Waals surface area contributed by atoms with Crippen LogP contribution in [-0.2, 0) is 25.1 Å². The summed E-state index contributed by atoms with van der Waals surface area (Å²) in [6, 6.07) is 4.29. The van der Waals surface area contributed by atoms with E-state index < -0.39 is 21.8 Å². The number of fused-ring (bicyclic) bond motifs is 1. The molecule has 23 heavy (non-hydrogen) atoms. The normalized spacial score (nSPS) is 18.3. The average Bonchev–Trinajstić information content (AvgIpc) is 2.70. The SMILES string of the molecule is CCOC1Oc2ccc(S(=O)(=O)O)cc2C1(C)C.CNC(C)=O. The summed E-state index contributed by atoms with van der Waals surface area (Å²) in [4.78, 5) is 9.57. The molecule has 1 aliphatic rings. The number of benzene rings is 1. The van der Waals surface area contributed by atoms with Gasteiger partial charge < -0.3 is 14.8 Å². The smallest absolute Gasteiger partial charge is 0.294 e. The topological polar surface area (TPSA) is 102 Å². The van der Waals surface area contributed by atoms with E-state index in [1.807, 2.05) is 20.8 Å². The minimum atomic E-state index is -4.20. The van der Waals surface area contributed by atoms with Gasteiger partial charge in [-0.2, -0.15) is 8.42 Å². The molecule has 8 heteroatoms. The molecule has 0 spiro atoms. The minimum Gasteiger partial charge on any atom is -0.464 e. The Labute approximate surface area is 136 Å². The van der Waals surface area contributed by atoms with Gasteiger partial charge in [-0.1, -0.05) is 0 Å². The lowest BCUT2D eigenvalue weighted by molar-refractivity contribution is -0.118. The van der Waals surface area contributed by atoms with Crippen molar-refractivity contribution in [2.75, 3.05) is 13.7 Å². The quantitative estimate of drug-likeness (QED) is 0.809. The molecule has 0 saturated carbocycles. The number of hydrogen-bond acceptors (Lipinski definition) is 5. The van der Waals surface area contributed by atoms with Gasteiger partial charge >= 0.3 is 0 Å². The van der Waals surface area contributed by atoms with E-state index in [-0.39, 0.29) is 10.8 Å². The van der Waals surface area contributed by atoms with E-state index in [0.717, 1.165) is 5.56 Å². The standard InChI is InChI=1S/C12H16O5S.C3H7NO/c1-4-16-11-12(2,3)9-7-8(18(13,14)15)5-6-10(9)17-11;1-3(5)4-2/h5-7,11H,4H2,1-3H3,(H,13,14,15);1-2H3,(H,4,5). The zero-order valence-electron chi connectivity index (χ0n) is 13.9. The van der Waals surface area contributed by atoms with Crippen LogP contribution in [0.2, 0.25) is 0 Å². The molecule has 2 rings (SSSR count). The van der Waals surface area contributed by atoms with E-state index in [1.54, 1.807) is 13.1 Å². The van der Waals surface area contributed by atoms with Crippen LogP contribution >= 0.6 is 0 Å². The molecule has 1 amide bonds. The Hall–Kier alpha value is -1.64. The molecule has 1 unspecified atom stereocenters. The van der Waals surface area contributed by atoms with Crippen LogP contribution in [0.15, 0.2) is 23.1 Å². The number of carbonyl (C=O) groups excluding carboxylic acids is 1. The van der Waals surface area contributed by atoms with E-state index in [4.69, 9.17) is 14.0 Å². The Kier molecular flexibility index (Phi) is 6.15. The third-order valence-corrected chi connectivity index (χ3v) is 4.29. The van der Waals surface area contributed by atoms with E-state index in [9.17, 15) is 13.2 Å². The van der Waals surface area contributed by atoms with Crippen LogP contribution < -0.4 is 10.1 Å². The first-order chi connectivity index (χ1) is 10.5. The van der Waals surface area contributed by atoms with Crippen molar-refractivity contribution >= 4 is 16.0 Å². The van der Waals surface area contributed by atoms with Gasteiger partial charge in [-0.25, -0.2) is 0 Å². The van der Waals surface area contributed by atoms with Crippen LogP contribution in [0.1, 0.15) is 33.3 Å². The van der Waals surface area contributed by atoms with Crippen molar-refractivity contribution in [3.63, 3.8) is 0 Å². The summed E-state index contributed by atoms with van der Waals surface area (Å²) in [6.45, 7) is 7.67.